The number of benzene rings is 1. The minimum Gasteiger partial charge on any atom is -0.493 e. The Kier molecular flexibility index (Phi) is 3.70. The molecule has 0 saturated carbocycles. The zero-order valence-corrected chi connectivity index (χ0v) is 12.0. The average Bonchev–Trinajstić information content (AvgIpc) is 3.04. The van der Waals surface area contributed by atoms with Crippen LogP contribution in [-0.4, -0.2) is 6.61 Å². The van der Waals surface area contributed by atoms with E-state index >= 15 is 0 Å². The first-order valence-electron chi connectivity index (χ1n) is 6.63. The van der Waals surface area contributed by atoms with Crippen molar-refractivity contribution in [2.75, 3.05) is 6.61 Å². The molecule has 1 atom stereocenters. The Morgan fingerprint density at radius 3 is 3.00 bits per heavy atom. The average molecular weight is 293 g/mol. The summed E-state index contributed by atoms with van der Waals surface area (Å²) in [5.41, 5.74) is 6.11. The fraction of sp³-hybridized carbons (Fsp3) is 0.333. The quantitative estimate of drug-likeness (QED) is 0.672. The molecule has 0 radical (unpaired) electrons. The predicted octanol–water partition coefficient (Wildman–Crippen LogP) is 2.92. The molecule has 1 unspecified atom stereocenters. The van der Waals surface area contributed by atoms with Crippen LogP contribution in [0.25, 0.3) is 0 Å². The molecule has 20 heavy (non-hydrogen) atoms. The van der Waals surface area contributed by atoms with Crippen LogP contribution in [0, 0.1) is 6.92 Å². The number of aryl methyl sites for hydroxylation is 1. The van der Waals surface area contributed by atoms with E-state index in [1.807, 2.05) is 25.1 Å². The summed E-state index contributed by atoms with van der Waals surface area (Å²) in [5, 5.41) is 0.733. The van der Waals surface area contributed by atoms with Gasteiger partial charge in [-0.25, -0.2) is 5.43 Å². The van der Waals surface area contributed by atoms with Gasteiger partial charge in [-0.3, -0.25) is 5.84 Å². The van der Waals surface area contributed by atoms with Gasteiger partial charge in [0.2, 0.25) is 0 Å². The number of hydrazine groups is 1. The molecular formula is C15H17ClN2O2. The maximum atomic E-state index is 6.18. The van der Waals surface area contributed by atoms with E-state index in [0.717, 1.165) is 34.1 Å². The Morgan fingerprint density at radius 2 is 2.30 bits per heavy atom. The molecule has 0 amide bonds. The van der Waals surface area contributed by atoms with Gasteiger partial charge in [0.1, 0.15) is 11.5 Å². The third kappa shape index (κ3) is 2.42. The zero-order chi connectivity index (χ0) is 14.1. The van der Waals surface area contributed by atoms with Crippen molar-refractivity contribution in [3.8, 4) is 5.75 Å². The van der Waals surface area contributed by atoms with Crippen molar-refractivity contribution in [2.24, 2.45) is 5.84 Å². The monoisotopic (exact) mass is 292 g/mol. The Balaban J connectivity index is 1.92. The first-order valence-corrected chi connectivity index (χ1v) is 7.01. The lowest BCUT2D eigenvalue weighted by atomic mass is 9.99. The number of hydrogen-bond donors (Lipinski definition) is 2. The summed E-state index contributed by atoms with van der Waals surface area (Å²) in [7, 11) is 0. The van der Waals surface area contributed by atoms with E-state index in [2.05, 4.69) is 5.43 Å². The van der Waals surface area contributed by atoms with Gasteiger partial charge in [0.25, 0.3) is 0 Å². The Labute approximate surface area is 122 Å². The molecule has 0 aliphatic carbocycles. The van der Waals surface area contributed by atoms with Crippen LogP contribution in [0.4, 0.5) is 0 Å². The maximum Gasteiger partial charge on any atom is 0.125 e. The van der Waals surface area contributed by atoms with E-state index in [0.29, 0.717) is 13.0 Å². The maximum absolute atomic E-state index is 6.18. The zero-order valence-electron chi connectivity index (χ0n) is 11.3. The first-order chi connectivity index (χ1) is 9.69. The third-order valence-corrected chi connectivity index (χ3v) is 3.89. The number of ether oxygens (including phenoxy) is 1. The van der Waals surface area contributed by atoms with E-state index < -0.39 is 0 Å². The molecule has 1 aromatic carbocycles. The van der Waals surface area contributed by atoms with Crippen LogP contribution in [0.3, 0.4) is 0 Å². The minimum atomic E-state index is -0.100. The lowest BCUT2D eigenvalue weighted by molar-refractivity contribution is 0.349. The fourth-order valence-electron chi connectivity index (χ4n) is 2.69. The lowest BCUT2D eigenvalue weighted by Crippen LogP contribution is -2.29. The lowest BCUT2D eigenvalue weighted by Gasteiger charge is -2.17. The van der Waals surface area contributed by atoms with Gasteiger partial charge in [0.05, 0.1) is 18.9 Å². The van der Waals surface area contributed by atoms with Crippen LogP contribution in [0.5, 0.6) is 5.75 Å². The molecule has 1 aliphatic rings. The molecule has 0 spiro atoms. The SMILES string of the molecule is Cc1ccoc1C(Cc1cc(Cl)cc2c1OCC2)NN. The van der Waals surface area contributed by atoms with Crippen LogP contribution in [-0.2, 0) is 12.8 Å². The summed E-state index contributed by atoms with van der Waals surface area (Å²) < 4.78 is 11.2. The van der Waals surface area contributed by atoms with Gasteiger partial charge in [0.15, 0.2) is 0 Å². The van der Waals surface area contributed by atoms with Crippen LogP contribution in [0.2, 0.25) is 5.02 Å². The van der Waals surface area contributed by atoms with E-state index in [1.165, 1.54) is 5.56 Å². The van der Waals surface area contributed by atoms with Crippen molar-refractivity contribution in [3.63, 3.8) is 0 Å². The molecule has 0 bridgehead atoms. The fourth-order valence-corrected chi connectivity index (χ4v) is 2.95. The van der Waals surface area contributed by atoms with Crippen LogP contribution in [0.15, 0.2) is 28.9 Å². The largest absolute Gasteiger partial charge is 0.493 e. The standard InChI is InChI=1S/C15H17ClN2O2/c1-9-2-4-19-14(9)13(18-17)8-11-7-12(16)6-10-3-5-20-15(10)11/h2,4,6-7,13,18H,3,5,8,17H2,1H3. The highest BCUT2D eigenvalue weighted by molar-refractivity contribution is 6.30. The van der Waals surface area contributed by atoms with Gasteiger partial charge in [-0.05, 0) is 48.2 Å². The van der Waals surface area contributed by atoms with Crippen molar-refractivity contribution in [2.45, 2.75) is 25.8 Å². The number of nitrogens with two attached hydrogens (primary N) is 1. The summed E-state index contributed by atoms with van der Waals surface area (Å²) in [6, 6.07) is 5.74. The molecule has 106 valence electrons. The molecule has 3 N–H and O–H groups in total. The molecule has 3 rings (SSSR count). The van der Waals surface area contributed by atoms with Crippen LogP contribution >= 0.6 is 11.6 Å². The number of rotatable bonds is 4. The van der Waals surface area contributed by atoms with Gasteiger partial charge >= 0.3 is 0 Å². The number of hydrogen-bond acceptors (Lipinski definition) is 4. The summed E-state index contributed by atoms with van der Waals surface area (Å²) in [5.74, 6) is 7.47. The smallest absolute Gasteiger partial charge is 0.125 e. The van der Waals surface area contributed by atoms with Crippen molar-refractivity contribution >= 4 is 11.6 Å². The second-order valence-electron chi connectivity index (χ2n) is 5.04. The highest BCUT2D eigenvalue weighted by atomic mass is 35.5. The highest BCUT2D eigenvalue weighted by Crippen LogP contribution is 2.35. The topological polar surface area (TPSA) is 60.4 Å². The Bertz CT molecular complexity index is 624. The number of fused-ring (bicyclic) bond motifs is 1. The van der Waals surface area contributed by atoms with E-state index in [9.17, 15) is 0 Å². The van der Waals surface area contributed by atoms with Gasteiger partial charge in [0, 0.05) is 11.4 Å². The van der Waals surface area contributed by atoms with Crippen molar-refractivity contribution in [1.82, 2.24) is 5.43 Å². The molecular weight excluding hydrogens is 276 g/mol. The molecule has 1 aromatic heterocycles. The summed E-state index contributed by atoms with van der Waals surface area (Å²) in [6.07, 6.45) is 3.26. The Hall–Kier alpha value is -1.49. The molecule has 2 heterocycles. The first kappa shape index (κ1) is 13.5. The van der Waals surface area contributed by atoms with Crippen molar-refractivity contribution < 1.29 is 9.15 Å². The van der Waals surface area contributed by atoms with Gasteiger partial charge in [-0.15, -0.1) is 0 Å². The number of halogens is 1. The molecule has 4 nitrogen and oxygen atoms in total. The molecule has 0 saturated heterocycles. The molecule has 5 heteroatoms. The molecule has 0 fully saturated rings. The van der Waals surface area contributed by atoms with E-state index in [-0.39, 0.29) is 6.04 Å². The normalized spacial score (nSPS) is 14.9. The summed E-state index contributed by atoms with van der Waals surface area (Å²) in [6.45, 7) is 2.71. The van der Waals surface area contributed by atoms with Gasteiger partial charge in [-0.2, -0.15) is 0 Å². The second-order valence-corrected chi connectivity index (χ2v) is 5.48. The highest BCUT2D eigenvalue weighted by Gasteiger charge is 2.22. The van der Waals surface area contributed by atoms with Gasteiger partial charge < -0.3 is 9.15 Å². The van der Waals surface area contributed by atoms with Gasteiger partial charge in [-0.1, -0.05) is 11.6 Å². The Morgan fingerprint density at radius 1 is 1.45 bits per heavy atom. The van der Waals surface area contributed by atoms with E-state index in [4.69, 9.17) is 26.6 Å². The predicted molar refractivity (Wildman–Crippen MR) is 77.9 cm³/mol. The van der Waals surface area contributed by atoms with Crippen molar-refractivity contribution in [1.29, 1.82) is 0 Å². The molecule has 1 aliphatic heterocycles. The van der Waals surface area contributed by atoms with Crippen LogP contribution < -0.4 is 16.0 Å². The second kappa shape index (κ2) is 5.48. The third-order valence-electron chi connectivity index (χ3n) is 3.67. The number of furan rings is 1. The minimum absolute atomic E-state index is 0.100. The van der Waals surface area contributed by atoms with E-state index in [1.54, 1.807) is 6.26 Å². The summed E-state index contributed by atoms with van der Waals surface area (Å²) >= 11 is 6.18. The molecule has 2 aromatic rings. The number of nitrogens with one attached hydrogen (secondary N) is 1. The van der Waals surface area contributed by atoms with Crippen LogP contribution in [0.1, 0.15) is 28.5 Å². The summed E-state index contributed by atoms with van der Waals surface area (Å²) in [4.78, 5) is 0. The van der Waals surface area contributed by atoms with Crippen molar-refractivity contribution in [3.05, 3.63) is 51.9 Å².